The van der Waals surface area contributed by atoms with Crippen LogP contribution in [0.5, 0.6) is 0 Å². The van der Waals surface area contributed by atoms with Gasteiger partial charge in [0.25, 0.3) is 0 Å². The molecular formula is C15H21F2NO. The van der Waals surface area contributed by atoms with Crippen LogP contribution >= 0.6 is 0 Å². The quantitative estimate of drug-likeness (QED) is 0.909. The molecule has 106 valence electrons. The molecule has 0 saturated heterocycles. The molecule has 1 aliphatic rings. The molecule has 4 heteroatoms. The topological polar surface area (TPSA) is 35.2 Å². The third-order valence-corrected chi connectivity index (χ3v) is 4.02. The smallest absolute Gasteiger partial charge is 0.126 e. The molecule has 0 heterocycles. The first-order chi connectivity index (χ1) is 9.03. The lowest BCUT2D eigenvalue weighted by molar-refractivity contribution is -0.0800. The van der Waals surface area contributed by atoms with Crippen molar-refractivity contribution in [2.75, 3.05) is 6.54 Å². The fourth-order valence-electron chi connectivity index (χ4n) is 2.63. The number of ether oxygens (including phenoxy) is 1. The van der Waals surface area contributed by atoms with E-state index < -0.39 is 11.6 Å². The van der Waals surface area contributed by atoms with Gasteiger partial charge in [0.05, 0.1) is 12.2 Å². The molecule has 2 N–H and O–H groups in total. The van der Waals surface area contributed by atoms with Crippen LogP contribution in [0.25, 0.3) is 0 Å². The van der Waals surface area contributed by atoms with Crippen LogP contribution in [0.4, 0.5) is 8.78 Å². The molecule has 1 fully saturated rings. The Hall–Kier alpha value is -1.00. The Morgan fingerprint density at radius 1 is 1.21 bits per heavy atom. The van der Waals surface area contributed by atoms with Crippen molar-refractivity contribution < 1.29 is 13.5 Å². The summed E-state index contributed by atoms with van der Waals surface area (Å²) in [6, 6.07) is 3.47. The minimum absolute atomic E-state index is 0.209. The van der Waals surface area contributed by atoms with Gasteiger partial charge in [0.2, 0.25) is 0 Å². The van der Waals surface area contributed by atoms with Crippen molar-refractivity contribution in [1.29, 1.82) is 0 Å². The normalized spacial score (nSPS) is 27.5. The third-order valence-electron chi connectivity index (χ3n) is 4.02. The highest BCUT2D eigenvalue weighted by Gasteiger charge is 2.33. The highest BCUT2D eigenvalue weighted by Crippen LogP contribution is 2.34. The lowest BCUT2D eigenvalue weighted by Crippen LogP contribution is -2.43. The maximum Gasteiger partial charge on any atom is 0.126 e. The van der Waals surface area contributed by atoms with E-state index in [4.69, 9.17) is 10.5 Å². The van der Waals surface area contributed by atoms with Gasteiger partial charge >= 0.3 is 0 Å². The Morgan fingerprint density at radius 3 is 2.32 bits per heavy atom. The minimum atomic E-state index is -0.572. The Labute approximate surface area is 112 Å². The molecule has 2 nitrogen and oxygen atoms in total. The predicted octanol–water partition coefficient (Wildman–Crippen LogP) is 3.39. The van der Waals surface area contributed by atoms with E-state index in [1.807, 2.05) is 0 Å². The lowest BCUT2D eigenvalue weighted by atomic mass is 9.79. The Morgan fingerprint density at radius 2 is 1.79 bits per heavy atom. The summed E-state index contributed by atoms with van der Waals surface area (Å²) in [5.74, 6) is -0.440. The second-order valence-electron chi connectivity index (χ2n) is 5.64. The summed E-state index contributed by atoms with van der Waals surface area (Å²) in [7, 11) is 0. The van der Waals surface area contributed by atoms with Gasteiger partial charge in [0.1, 0.15) is 11.6 Å². The van der Waals surface area contributed by atoms with E-state index in [0.29, 0.717) is 18.0 Å². The second-order valence-corrected chi connectivity index (χ2v) is 5.64. The van der Waals surface area contributed by atoms with Crippen molar-refractivity contribution >= 4 is 0 Å². The molecule has 0 aliphatic heterocycles. The van der Waals surface area contributed by atoms with E-state index in [2.05, 4.69) is 6.92 Å². The van der Waals surface area contributed by atoms with Crippen LogP contribution in [0.1, 0.15) is 38.2 Å². The van der Waals surface area contributed by atoms with Crippen molar-refractivity contribution in [3.8, 4) is 0 Å². The molecule has 1 aliphatic carbocycles. The van der Waals surface area contributed by atoms with E-state index in [0.717, 1.165) is 31.7 Å². The van der Waals surface area contributed by atoms with Crippen LogP contribution in [-0.2, 0) is 11.3 Å². The highest BCUT2D eigenvalue weighted by atomic mass is 19.1. The molecule has 1 aromatic rings. The van der Waals surface area contributed by atoms with Gasteiger partial charge in [-0.3, -0.25) is 0 Å². The minimum Gasteiger partial charge on any atom is -0.369 e. The van der Waals surface area contributed by atoms with Crippen molar-refractivity contribution in [2.24, 2.45) is 11.7 Å². The fraction of sp³-hybridized carbons (Fsp3) is 0.600. The lowest BCUT2D eigenvalue weighted by Gasteiger charge is -2.38. The molecule has 2 rings (SSSR count). The molecule has 19 heavy (non-hydrogen) atoms. The van der Waals surface area contributed by atoms with E-state index in [1.165, 1.54) is 12.1 Å². The Kier molecular flexibility index (Phi) is 4.53. The summed E-state index contributed by atoms with van der Waals surface area (Å²) in [5, 5.41) is 0. The average Bonchev–Trinajstić information content (AvgIpc) is 2.38. The molecule has 0 amide bonds. The predicted molar refractivity (Wildman–Crippen MR) is 70.6 cm³/mol. The fourth-order valence-corrected chi connectivity index (χ4v) is 2.63. The standard InChI is InChI=1S/C15H21F2NO/c1-11-2-4-15(10-18,5-3-11)19-9-12-6-13(16)8-14(17)7-12/h6-8,11H,2-5,9-10,18H2,1H3. The summed E-state index contributed by atoms with van der Waals surface area (Å²) in [6.07, 6.45) is 4.02. The molecule has 1 saturated carbocycles. The highest BCUT2D eigenvalue weighted by molar-refractivity contribution is 5.17. The number of nitrogens with two attached hydrogens (primary N) is 1. The Balaban J connectivity index is 1.99. The maximum absolute atomic E-state index is 13.1. The largest absolute Gasteiger partial charge is 0.369 e. The van der Waals surface area contributed by atoms with E-state index in [9.17, 15) is 8.78 Å². The third kappa shape index (κ3) is 3.74. The average molecular weight is 269 g/mol. The van der Waals surface area contributed by atoms with Crippen molar-refractivity contribution in [1.82, 2.24) is 0 Å². The first kappa shape index (κ1) is 14.4. The summed E-state index contributed by atoms with van der Waals surface area (Å²) in [4.78, 5) is 0. The van der Waals surface area contributed by atoms with Gasteiger partial charge in [-0.15, -0.1) is 0 Å². The van der Waals surface area contributed by atoms with Crippen molar-refractivity contribution in [3.63, 3.8) is 0 Å². The zero-order valence-corrected chi connectivity index (χ0v) is 11.3. The second kappa shape index (κ2) is 5.97. The molecule has 0 atom stereocenters. The van der Waals surface area contributed by atoms with Crippen LogP contribution in [0.2, 0.25) is 0 Å². The number of benzene rings is 1. The number of hydrogen-bond donors (Lipinski definition) is 1. The van der Waals surface area contributed by atoms with Gasteiger partial charge in [-0.25, -0.2) is 8.78 Å². The first-order valence-corrected chi connectivity index (χ1v) is 6.82. The zero-order valence-electron chi connectivity index (χ0n) is 11.3. The molecule has 0 radical (unpaired) electrons. The molecule has 0 bridgehead atoms. The molecular weight excluding hydrogens is 248 g/mol. The van der Waals surface area contributed by atoms with Gasteiger partial charge in [-0.05, 0) is 49.3 Å². The number of halogens is 2. The Bertz CT molecular complexity index is 408. The van der Waals surface area contributed by atoms with E-state index in [-0.39, 0.29) is 12.2 Å². The van der Waals surface area contributed by atoms with E-state index >= 15 is 0 Å². The molecule has 0 aromatic heterocycles. The molecule has 0 spiro atoms. The summed E-state index contributed by atoms with van der Waals surface area (Å²) in [6.45, 7) is 2.89. The van der Waals surface area contributed by atoms with Crippen LogP contribution in [0, 0.1) is 17.6 Å². The van der Waals surface area contributed by atoms with Crippen LogP contribution in [0.3, 0.4) is 0 Å². The van der Waals surface area contributed by atoms with Crippen LogP contribution in [-0.4, -0.2) is 12.1 Å². The number of rotatable bonds is 4. The SMILES string of the molecule is CC1CCC(CN)(OCc2cc(F)cc(F)c2)CC1. The first-order valence-electron chi connectivity index (χ1n) is 6.82. The maximum atomic E-state index is 13.1. The van der Waals surface area contributed by atoms with E-state index in [1.54, 1.807) is 0 Å². The molecule has 0 unspecified atom stereocenters. The van der Waals surface area contributed by atoms with Gasteiger partial charge in [-0.1, -0.05) is 6.92 Å². The molecule has 1 aromatic carbocycles. The van der Waals surface area contributed by atoms with Crippen molar-refractivity contribution in [3.05, 3.63) is 35.4 Å². The zero-order chi connectivity index (χ0) is 13.9. The van der Waals surface area contributed by atoms with Crippen molar-refractivity contribution in [2.45, 2.75) is 44.8 Å². The summed E-state index contributed by atoms with van der Waals surface area (Å²) in [5.41, 5.74) is 6.03. The van der Waals surface area contributed by atoms with Crippen LogP contribution in [0.15, 0.2) is 18.2 Å². The van der Waals surface area contributed by atoms with Gasteiger partial charge in [0, 0.05) is 12.6 Å². The van der Waals surface area contributed by atoms with Gasteiger partial charge in [0.15, 0.2) is 0 Å². The number of hydrogen-bond acceptors (Lipinski definition) is 2. The summed E-state index contributed by atoms with van der Waals surface area (Å²) < 4.78 is 32.1. The van der Waals surface area contributed by atoms with Gasteiger partial charge < -0.3 is 10.5 Å². The monoisotopic (exact) mass is 269 g/mol. The summed E-state index contributed by atoms with van der Waals surface area (Å²) >= 11 is 0. The van der Waals surface area contributed by atoms with Gasteiger partial charge in [-0.2, -0.15) is 0 Å². The van der Waals surface area contributed by atoms with Crippen LogP contribution < -0.4 is 5.73 Å².